The molecule has 0 radical (unpaired) electrons. The van der Waals surface area contributed by atoms with E-state index in [1.54, 1.807) is 30.3 Å². The van der Waals surface area contributed by atoms with Gasteiger partial charge in [-0.25, -0.2) is 4.39 Å². The van der Waals surface area contributed by atoms with Crippen molar-refractivity contribution >= 4 is 11.7 Å². The minimum Gasteiger partial charge on any atom is -0.454 e. The smallest absolute Gasteiger partial charge is 0.254 e. The molecule has 1 aromatic heterocycles. The van der Waals surface area contributed by atoms with Gasteiger partial charge < -0.3 is 19.3 Å². The average Bonchev–Trinajstić information content (AvgIpc) is 3.38. The summed E-state index contributed by atoms with van der Waals surface area (Å²) in [6, 6.07) is 13.6. The van der Waals surface area contributed by atoms with Crippen LogP contribution in [0.1, 0.15) is 16.8 Å². The van der Waals surface area contributed by atoms with Crippen LogP contribution in [0.15, 0.2) is 48.5 Å². The lowest BCUT2D eigenvalue weighted by molar-refractivity contribution is 0.0766. The molecule has 1 fully saturated rings. The summed E-state index contributed by atoms with van der Waals surface area (Å²) in [6.45, 7) is 2.96. The number of carbonyl (C=O) groups excluding carboxylic acids is 1. The molecule has 0 unspecified atom stereocenters. The predicted molar refractivity (Wildman–Crippen MR) is 109 cm³/mol. The maximum atomic E-state index is 13.2. The molecule has 2 aliphatic heterocycles. The third kappa shape index (κ3) is 3.56. The van der Waals surface area contributed by atoms with Gasteiger partial charge in [-0.2, -0.15) is 5.10 Å². The van der Waals surface area contributed by atoms with Gasteiger partial charge in [0.05, 0.1) is 5.69 Å². The molecule has 1 N–H and O–H groups in total. The van der Waals surface area contributed by atoms with E-state index < -0.39 is 0 Å². The number of fused-ring (bicyclic) bond motifs is 1. The highest BCUT2D eigenvalue weighted by Crippen LogP contribution is 2.33. The second-order valence-electron chi connectivity index (χ2n) is 7.35. The maximum absolute atomic E-state index is 13.2. The van der Waals surface area contributed by atoms with Crippen LogP contribution in [0.5, 0.6) is 11.5 Å². The Balaban J connectivity index is 1.26. The van der Waals surface area contributed by atoms with Crippen molar-refractivity contribution in [3.8, 4) is 22.8 Å². The summed E-state index contributed by atoms with van der Waals surface area (Å²) in [7, 11) is 0. The number of hydrogen-bond donors (Lipinski definition) is 1. The van der Waals surface area contributed by atoms with Gasteiger partial charge >= 0.3 is 0 Å². The number of rotatable bonds is 3. The van der Waals surface area contributed by atoms with Gasteiger partial charge in [0.15, 0.2) is 17.3 Å². The van der Waals surface area contributed by atoms with Crippen LogP contribution in [0.2, 0.25) is 0 Å². The van der Waals surface area contributed by atoms with E-state index in [2.05, 4.69) is 15.1 Å². The van der Waals surface area contributed by atoms with Gasteiger partial charge in [0.25, 0.3) is 5.91 Å². The van der Waals surface area contributed by atoms with Gasteiger partial charge in [0.2, 0.25) is 6.79 Å². The number of aromatic nitrogens is 2. The van der Waals surface area contributed by atoms with Crippen molar-refractivity contribution in [2.45, 2.75) is 6.42 Å². The van der Waals surface area contributed by atoms with E-state index in [-0.39, 0.29) is 18.5 Å². The highest BCUT2D eigenvalue weighted by molar-refractivity contribution is 5.95. The Hall–Kier alpha value is -3.55. The molecule has 0 aliphatic carbocycles. The Labute approximate surface area is 173 Å². The summed E-state index contributed by atoms with van der Waals surface area (Å²) in [5.74, 6) is 1.83. The molecule has 0 spiro atoms. The van der Waals surface area contributed by atoms with Gasteiger partial charge in [-0.15, -0.1) is 0 Å². The van der Waals surface area contributed by atoms with Crippen LogP contribution in [-0.2, 0) is 0 Å². The zero-order valence-electron chi connectivity index (χ0n) is 16.3. The highest BCUT2D eigenvalue weighted by atomic mass is 19.1. The number of amides is 1. The van der Waals surface area contributed by atoms with Crippen molar-refractivity contribution in [1.82, 2.24) is 15.1 Å². The SMILES string of the molecule is O=C(c1ccc2c(c1)OCO2)N1CCCN(c2cc(-c3ccc(F)cc3)[nH]n2)CC1. The molecule has 2 aliphatic rings. The number of nitrogens with one attached hydrogen (secondary N) is 1. The third-order valence-electron chi connectivity index (χ3n) is 5.45. The Bertz CT molecular complexity index is 1070. The van der Waals surface area contributed by atoms with E-state index >= 15 is 0 Å². The lowest BCUT2D eigenvalue weighted by Crippen LogP contribution is -2.35. The Morgan fingerprint density at radius 3 is 2.67 bits per heavy atom. The molecule has 7 nitrogen and oxygen atoms in total. The van der Waals surface area contributed by atoms with Gasteiger partial charge in [0, 0.05) is 37.8 Å². The first kappa shape index (κ1) is 18.5. The van der Waals surface area contributed by atoms with Crippen LogP contribution in [0.4, 0.5) is 10.2 Å². The largest absolute Gasteiger partial charge is 0.454 e. The molecular weight excluding hydrogens is 387 g/mol. The van der Waals surface area contributed by atoms with Crippen LogP contribution in [0.25, 0.3) is 11.3 Å². The summed E-state index contributed by atoms with van der Waals surface area (Å²) in [5.41, 5.74) is 2.32. The number of halogens is 1. The fourth-order valence-corrected chi connectivity index (χ4v) is 3.81. The number of carbonyl (C=O) groups is 1. The molecule has 1 saturated heterocycles. The molecule has 0 atom stereocenters. The molecule has 3 aromatic rings. The van der Waals surface area contributed by atoms with E-state index in [1.807, 2.05) is 11.0 Å². The van der Waals surface area contributed by atoms with Crippen molar-refractivity contribution in [2.75, 3.05) is 37.9 Å². The van der Waals surface area contributed by atoms with Gasteiger partial charge in [-0.3, -0.25) is 9.89 Å². The molecule has 30 heavy (non-hydrogen) atoms. The average molecular weight is 408 g/mol. The van der Waals surface area contributed by atoms with E-state index in [1.165, 1.54) is 12.1 Å². The summed E-state index contributed by atoms with van der Waals surface area (Å²) >= 11 is 0. The second kappa shape index (κ2) is 7.70. The fraction of sp³-hybridized carbons (Fsp3) is 0.273. The first-order chi connectivity index (χ1) is 14.7. The highest BCUT2D eigenvalue weighted by Gasteiger charge is 2.23. The third-order valence-corrected chi connectivity index (χ3v) is 5.45. The molecular formula is C22H21FN4O3. The second-order valence-corrected chi connectivity index (χ2v) is 7.35. The van der Waals surface area contributed by atoms with Crippen LogP contribution in [0.3, 0.4) is 0 Å². The van der Waals surface area contributed by atoms with Gasteiger partial charge in [-0.05, 0) is 54.4 Å². The standard InChI is InChI=1S/C22H21FN4O3/c23-17-5-2-15(3-6-17)18-13-21(25-24-18)26-8-1-9-27(11-10-26)22(28)16-4-7-19-20(12-16)30-14-29-19/h2-7,12-13H,1,8-11,14H2,(H,24,25). The Kier molecular flexibility index (Phi) is 4.74. The van der Waals surface area contributed by atoms with Crippen molar-refractivity contribution in [3.05, 3.63) is 59.9 Å². The first-order valence-electron chi connectivity index (χ1n) is 9.92. The number of benzene rings is 2. The van der Waals surface area contributed by atoms with Crippen LogP contribution in [0, 0.1) is 5.82 Å². The molecule has 1 amide bonds. The number of hydrogen-bond acceptors (Lipinski definition) is 5. The topological polar surface area (TPSA) is 70.7 Å². The molecule has 8 heteroatoms. The molecule has 5 rings (SSSR count). The van der Waals surface area contributed by atoms with Crippen LogP contribution < -0.4 is 14.4 Å². The number of ether oxygens (including phenoxy) is 2. The van der Waals surface area contributed by atoms with Crippen molar-refractivity contribution in [3.63, 3.8) is 0 Å². The van der Waals surface area contributed by atoms with Crippen LogP contribution >= 0.6 is 0 Å². The fourth-order valence-electron chi connectivity index (χ4n) is 3.81. The summed E-state index contributed by atoms with van der Waals surface area (Å²) < 4.78 is 23.9. The quantitative estimate of drug-likeness (QED) is 0.720. The zero-order valence-corrected chi connectivity index (χ0v) is 16.3. The number of aromatic amines is 1. The van der Waals surface area contributed by atoms with E-state index in [4.69, 9.17) is 9.47 Å². The molecule has 2 aromatic carbocycles. The van der Waals surface area contributed by atoms with Crippen molar-refractivity contribution in [1.29, 1.82) is 0 Å². The van der Waals surface area contributed by atoms with Gasteiger partial charge in [-0.1, -0.05) is 0 Å². The summed E-state index contributed by atoms with van der Waals surface area (Å²) in [4.78, 5) is 17.0. The predicted octanol–water partition coefficient (Wildman–Crippen LogP) is 3.30. The summed E-state index contributed by atoms with van der Waals surface area (Å²) in [5, 5.41) is 7.44. The lowest BCUT2D eigenvalue weighted by atomic mass is 10.1. The molecule has 3 heterocycles. The zero-order chi connectivity index (χ0) is 20.5. The Morgan fingerprint density at radius 1 is 0.967 bits per heavy atom. The molecule has 0 bridgehead atoms. The van der Waals surface area contributed by atoms with E-state index in [0.29, 0.717) is 36.7 Å². The lowest BCUT2D eigenvalue weighted by Gasteiger charge is -2.22. The molecule has 154 valence electrons. The maximum Gasteiger partial charge on any atom is 0.254 e. The normalized spacial score (nSPS) is 15.9. The van der Waals surface area contributed by atoms with Crippen molar-refractivity contribution in [2.24, 2.45) is 0 Å². The van der Waals surface area contributed by atoms with E-state index in [9.17, 15) is 9.18 Å². The number of nitrogens with zero attached hydrogens (tertiary/aromatic N) is 3. The molecule has 0 saturated carbocycles. The number of anilines is 1. The Morgan fingerprint density at radius 2 is 1.80 bits per heavy atom. The number of H-pyrrole nitrogens is 1. The monoisotopic (exact) mass is 408 g/mol. The van der Waals surface area contributed by atoms with Crippen molar-refractivity contribution < 1.29 is 18.7 Å². The van der Waals surface area contributed by atoms with Gasteiger partial charge in [0.1, 0.15) is 5.82 Å². The minimum atomic E-state index is -0.266. The van der Waals surface area contributed by atoms with Crippen LogP contribution in [-0.4, -0.2) is 54.0 Å². The minimum absolute atomic E-state index is 0.0100. The first-order valence-corrected chi connectivity index (χ1v) is 9.92. The summed E-state index contributed by atoms with van der Waals surface area (Å²) in [6.07, 6.45) is 0.842. The van der Waals surface area contributed by atoms with E-state index in [0.717, 1.165) is 30.0 Å².